The van der Waals surface area contributed by atoms with Crippen LogP contribution in [0.5, 0.6) is 11.5 Å². The number of benzene rings is 2. The van der Waals surface area contributed by atoms with Crippen LogP contribution in [0.1, 0.15) is 53.0 Å². The van der Waals surface area contributed by atoms with Crippen molar-refractivity contribution in [1.29, 1.82) is 0 Å². The third-order valence-corrected chi connectivity index (χ3v) is 6.99. The Labute approximate surface area is 237 Å². The van der Waals surface area contributed by atoms with Gasteiger partial charge in [-0.2, -0.15) is 0 Å². The molecule has 3 atom stereocenters. The zero-order valence-electron chi connectivity index (χ0n) is 23.1. The molecule has 4 N–H and O–H groups in total. The zero-order valence-corrected chi connectivity index (χ0v) is 23.1. The second kappa shape index (κ2) is 12.8. The molecule has 2 aliphatic heterocycles. The number of imide groups is 1. The van der Waals surface area contributed by atoms with Gasteiger partial charge >= 0.3 is 5.97 Å². The zero-order chi connectivity index (χ0) is 29.7. The largest absolute Gasteiger partial charge is 0.480 e. The number of hydrogen-bond donors (Lipinski definition) is 4. The maximum Gasteiger partial charge on any atom is 0.320 e. The third kappa shape index (κ3) is 6.83. The fraction of sp³-hybridized carbons (Fsp3) is 0.414. The Morgan fingerprint density at radius 2 is 1.54 bits per heavy atom. The summed E-state index contributed by atoms with van der Waals surface area (Å²) in [6, 6.07) is 9.04. The molecule has 0 spiro atoms. The summed E-state index contributed by atoms with van der Waals surface area (Å²) in [4.78, 5) is 65.1. The van der Waals surface area contributed by atoms with Crippen LogP contribution in [0.15, 0.2) is 42.5 Å². The molecule has 12 nitrogen and oxygen atoms in total. The smallest absolute Gasteiger partial charge is 0.320 e. The monoisotopic (exact) mass is 566 g/mol. The van der Waals surface area contributed by atoms with Crippen molar-refractivity contribution < 1.29 is 38.6 Å². The average Bonchev–Trinajstić information content (AvgIpc) is 3.50. The Hall–Kier alpha value is -4.45. The Kier molecular flexibility index (Phi) is 9.23. The summed E-state index contributed by atoms with van der Waals surface area (Å²) >= 11 is 0. The maximum absolute atomic E-state index is 13.4. The van der Waals surface area contributed by atoms with Crippen molar-refractivity contribution in [2.24, 2.45) is 5.92 Å². The number of carbonyl (C=O) groups excluding carboxylic acids is 4. The van der Waals surface area contributed by atoms with Gasteiger partial charge < -0.3 is 25.2 Å². The molecule has 12 heteroatoms. The lowest BCUT2D eigenvalue weighted by atomic mass is 10.00. The van der Waals surface area contributed by atoms with Crippen LogP contribution in [0.2, 0.25) is 0 Å². The van der Waals surface area contributed by atoms with Crippen LogP contribution >= 0.6 is 0 Å². The molecule has 0 fully saturated rings. The highest BCUT2D eigenvalue weighted by atomic mass is 16.7. The topological polar surface area (TPSA) is 163 Å². The van der Waals surface area contributed by atoms with Crippen molar-refractivity contribution in [2.75, 3.05) is 20.4 Å². The molecule has 2 aliphatic rings. The van der Waals surface area contributed by atoms with Gasteiger partial charge in [-0.25, -0.2) is 0 Å². The lowest BCUT2D eigenvalue weighted by Crippen LogP contribution is -2.56. The van der Waals surface area contributed by atoms with Crippen molar-refractivity contribution in [3.63, 3.8) is 0 Å². The van der Waals surface area contributed by atoms with Crippen LogP contribution in [0.25, 0.3) is 0 Å². The summed E-state index contributed by atoms with van der Waals surface area (Å²) in [7, 11) is 1.48. The Balaban J connectivity index is 1.44. The Morgan fingerprint density at radius 3 is 2.07 bits per heavy atom. The first-order valence-corrected chi connectivity index (χ1v) is 13.4. The molecule has 0 bridgehead atoms. The second-order valence-corrected chi connectivity index (χ2v) is 10.4. The molecule has 0 saturated heterocycles. The molecule has 41 heavy (non-hydrogen) atoms. The van der Waals surface area contributed by atoms with E-state index in [1.807, 2.05) is 44.2 Å². The van der Waals surface area contributed by atoms with Gasteiger partial charge in [0.25, 0.3) is 11.8 Å². The SMILES string of the molecule is CNC(=O)[C@H](Cc1ccccc1)NC(=O)[C@H](CC(C)C)NC(CCN1C(=O)c2cc3c(cc2C1=O)OCO3)C(=O)O. The van der Waals surface area contributed by atoms with Crippen LogP contribution in [0.3, 0.4) is 0 Å². The summed E-state index contributed by atoms with van der Waals surface area (Å²) in [6.45, 7) is 3.59. The van der Waals surface area contributed by atoms with Gasteiger partial charge in [0.1, 0.15) is 12.1 Å². The third-order valence-electron chi connectivity index (χ3n) is 6.99. The standard InChI is InChI=1S/C29H34N4O8/c1-16(2)11-21(26(35)32-22(25(34)30-3)12-17-7-5-4-6-8-17)31-20(29(38)39)9-10-33-27(36)18-13-23-24(41-15-40-23)14-19(18)28(33)37/h4-8,13-14,16,20-22,31H,9-12,15H2,1-3H3,(H,30,34)(H,32,35)(H,38,39)/t20?,21-,22-/m0/s1. The number of aliphatic carboxylic acids is 1. The predicted octanol–water partition coefficient (Wildman–Crippen LogP) is 1.33. The van der Waals surface area contributed by atoms with E-state index in [1.165, 1.54) is 19.2 Å². The molecule has 0 radical (unpaired) electrons. The van der Waals surface area contributed by atoms with E-state index >= 15 is 0 Å². The molecule has 0 aliphatic carbocycles. The van der Waals surface area contributed by atoms with Gasteiger partial charge in [-0.05, 0) is 36.5 Å². The molecule has 0 saturated carbocycles. The van der Waals surface area contributed by atoms with E-state index in [1.54, 1.807) is 0 Å². The normalized spacial score (nSPS) is 15.9. The van der Waals surface area contributed by atoms with Gasteiger partial charge in [-0.3, -0.25) is 34.2 Å². The summed E-state index contributed by atoms with van der Waals surface area (Å²) in [5, 5.41) is 18.2. The number of carboxylic acid groups (broad SMARTS) is 1. The van der Waals surface area contributed by atoms with E-state index in [0.29, 0.717) is 17.9 Å². The van der Waals surface area contributed by atoms with Crippen molar-refractivity contribution in [1.82, 2.24) is 20.9 Å². The molecule has 218 valence electrons. The molecule has 4 amide bonds. The number of fused-ring (bicyclic) bond motifs is 2. The molecule has 2 heterocycles. The van der Waals surface area contributed by atoms with E-state index in [9.17, 15) is 29.1 Å². The number of carbonyl (C=O) groups is 5. The highest BCUT2D eigenvalue weighted by Gasteiger charge is 2.39. The summed E-state index contributed by atoms with van der Waals surface area (Å²) in [5.74, 6) is -2.52. The van der Waals surface area contributed by atoms with Gasteiger partial charge in [0.15, 0.2) is 11.5 Å². The molecule has 4 rings (SSSR count). The van der Waals surface area contributed by atoms with Crippen LogP contribution < -0.4 is 25.4 Å². The summed E-state index contributed by atoms with van der Waals surface area (Å²) in [6.07, 6.45) is 0.403. The second-order valence-electron chi connectivity index (χ2n) is 10.4. The molecular formula is C29H34N4O8. The summed E-state index contributed by atoms with van der Waals surface area (Å²) < 4.78 is 10.6. The fourth-order valence-electron chi connectivity index (χ4n) is 4.89. The molecule has 2 aromatic rings. The lowest BCUT2D eigenvalue weighted by Gasteiger charge is -2.27. The van der Waals surface area contributed by atoms with Crippen LogP contribution in [0.4, 0.5) is 0 Å². The number of likely N-dealkylation sites (N-methyl/N-ethyl adjacent to an activating group) is 1. The van der Waals surface area contributed by atoms with Crippen molar-refractivity contribution >= 4 is 29.6 Å². The number of amides is 4. The van der Waals surface area contributed by atoms with E-state index in [0.717, 1.165) is 10.5 Å². The quantitative estimate of drug-likeness (QED) is 0.262. The van der Waals surface area contributed by atoms with Gasteiger partial charge in [0.2, 0.25) is 18.6 Å². The number of rotatable bonds is 13. The minimum absolute atomic E-state index is 0.00246. The number of nitrogens with zero attached hydrogens (tertiary/aromatic N) is 1. The van der Waals surface area contributed by atoms with E-state index in [-0.39, 0.29) is 49.1 Å². The first-order valence-electron chi connectivity index (χ1n) is 13.4. The summed E-state index contributed by atoms with van der Waals surface area (Å²) in [5.41, 5.74) is 1.17. The van der Waals surface area contributed by atoms with Crippen molar-refractivity contribution in [2.45, 2.75) is 51.2 Å². The number of ether oxygens (including phenoxy) is 2. The molecule has 2 aromatic carbocycles. The highest BCUT2D eigenvalue weighted by molar-refractivity contribution is 6.21. The first-order chi connectivity index (χ1) is 19.6. The maximum atomic E-state index is 13.4. The van der Waals surface area contributed by atoms with E-state index in [4.69, 9.17) is 9.47 Å². The molecule has 0 aromatic heterocycles. The number of carboxylic acids is 1. The van der Waals surface area contributed by atoms with Crippen LogP contribution in [-0.4, -0.2) is 78.1 Å². The Morgan fingerprint density at radius 1 is 0.927 bits per heavy atom. The van der Waals surface area contributed by atoms with Crippen LogP contribution in [-0.2, 0) is 20.8 Å². The van der Waals surface area contributed by atoms with E-state index in [2.05, 4.69) is 16.0 Å². The van der Waals surface area contributed by atoms with E-state index < -0.39 is 41.8 Å². The van der Waals surface area contributed by atoms with Crippen LogP contribution in [0, 0.1) is 5.92 Å². The fourth-order valence-corrected chi connectivity index (χ4v) is 4.89. The van der Waals surface area contributed by atoms with Gasteiger partial charge in [0, 0.05) is 20.0 Å². The molecular weight excluding hydrogens is 532 g/mol. The minimum atomic E-state index is -1.25. The average molecular weight is 567 g/mol. The molecule has 1 unspecified atom stereocenters. The predicted molar refractivity (Wildman–Crippen MR) is 146 cm³/mol. The van der Waals surface area contributed by atoms with Gasteiger partial charge in [-0.1, -0.05) is 44.2 Å². The lowest BCUT2D eigenvalue weighted by molar-refractivity contribution is -0.140. The highest BCUT2D eigenvalue weighted by Crippen LogP contribution is 2.38. The van der Waals surface area contributed by atoms with Gasteiger partial charge in [0.05, 0.1) is 17.2 Å². The Bertz CT molecular complexity index is 1290. The number of nitrogens with one attached hydrogen (secondary N) is 3. The van der Waals surface area contributed by atoms with Crippen molar-refractivity contribution in [3.05, 3.63) is 59.2 Å². The first kappa shape index (κ1) is 29.5. The van der Waals surface area contributed by atoms with Gasteiger partial charge in [-0.15, -0.1) is 0 Å². The van der Waals surface area contributed by atoms with Crippen molar-refractivity contribution in [3.8, 4) is 11.5 Å². The minimum Gasteiger partial charge on any atom is -0.480 e. The number of hydrogen-bond acceptors (Lipinski definition) is 8.